The van der Waals surface area contributed by atoms with Crippen molar-refractivity contribution < 1.29 is 17.2 Å². The molecule has 2 heterocycles. The summed E-state index contributed by atoms with van der Waals surface area (Å²) in [6.45, 7) is 0.919. The smallest absolute Gasteiger partial charge is 0.207 e. The van der Waals surface area contributed by atoms with Gasteiger partial charge in [-0.1, -0.05) is 0 Å². The molecule has 2 saturated heterocycles. The molecule has 0 N–H and O–H groups in total. The lowest BCUT2D eigenvalue weighted by Crippen LogP contribution is -2.48. The van der Waals surface area contributed by atoms with Gasteiger partial charge in [0.05, 0.1) is 0 Å². The molecule has 0 aromatic carbocycles. The Morgan fingerprint density at radius 3 is 1.81 bits per heavy atom. The minimum absolute atomic E-state index is 0.0637. The van der Waals surface area contributed by atoms with Gasteiger partial charge >= 0.3 is 0 Å². The van der Waals surface area contributed by atoms with Crippen molar-refractivity contribution in [3.8, 4) is 0 Å². The van der Waals surface area contributed by atoms with E-state index in [0.29, 0.717) is 13.1 Å². The number of nitrogens with zero attached hydrogens (tertiary/aromatic N) is 2. The van der Waals surface area contributed by atoms with Crippen LogP contribution in [0.5, 0.6) is 0 Å². The van der Waals surface area contributed by atoms with Crippen molar-refractivity contribution in [3.05, 3.63) is 0 Å². The number of hydrogen-bond acceptors (Lipinski definition) is 2. The van der Waals surface area contributed by atoms with Crippen molar-refractivity contribution in [2.75, 3.05) is 26.2 Å². The van der Waals surface area contributed by atoms with E-state index in [2.05, 4.69) is 0 Å². The highest BCUT2D eigenvalue weighted by atomic mass is 32.2. The number of halogens is 2. The molecule has 7 heteroatoms. The second kappa shape index (κ2) is 4.19. The van der Waals surface area contributed by atoms with Gasteiger partial charge in [-0.3, -0.25) is 0 Å². The maximum absolute atomic E-state index is 12.9. The molecule has 0 aromatic heterocycles. The van der Waals surface area contributed by atoms with Crippen LogP contribution in [-0.4, -0.2) is 49.1 Å². The van der Waals surface area contributed by atoms with Crippen LogP contribution in [0.4, 0.5) is 8.78 Å². The Morgan fingerprint density at radius 2 is 1.31 bits per heavy atom. The molecule has 0 unspecified atom stereocenters. The zero-order chi connectivity index (χ0) is 11.8. The van der Waals surface area contributed by atoms with Crippen molar-refractivity contribution in [3.63, 3.8) is 0 Å². The summed E-state index contributed by atoms with van der Waals surface area (Å²) in [6.07, 6.45) is 1.01. The van der Waals surface area contributed by atoms with Gasteiger partial charge in [0.15, 0.2) is 0 Å². The molecule has 0 aliphatic carbocycles. The Hall–Kier alpha value is -0.270. The van der Waals surface area contributed by atoms with Gasteiger partial charge in [0.25, 0.3) is 16.1 Å². The molecular formula is C9H16F2N2O2S. The van der Waals surface area contributed by atoms with Crippen molar-refractivity contribution >= 4 is 10.2 Å². The van der Waals surface area contributed by atoms with E-state index in [0.717, 1.165) is 12.8 Å². The fourth-order valence-electron chi connectivity index (χ4n) is 2.13. The highest BCUT2D eigenvalue weighted by Gasteiger charge is 2.40. The van der Waals surface area contributed by atoms with E-state index < -0.39 is 16.1 Å². The molecule has 0 saturated carbocycles. The number of piperidine rings is 1. The van der Waals surface area contributed by atoms with Crippen molar-refractivity contribution in [1.82, 2.24) is 8.61 Å². The molecule has 0 amide bonds. The molecule has 0 radical (unpaired) electrons. The van der Waals surface area contributed by atoms with E-state index in [-0.39, 0.29) is 25.9 Å². The third-order valence-electron chi connectivity index (χ3n) is 3.17. The Labute approximate surface area is 94.4 Å². The van der Waals surface area contributed by atoms with E-state index in [1.165, 1.54) is 8.61 Å². The summed E-state index contributed by atoms with van der Waals surface area (Å²) in [5, 5.41) is 0. The molecule has 16 heavy (non-hydrogen) atoms. The Balaban J connectivity index is 2.02. The predicted octanol–water partition coefficient (Wildman–Crippen LogP) is 1.06. The van der Waals surface area contributed by atoms with Gasteiger partial charge in [-0.15, -0.1) is 0 Å². The molecule has 2 aliphatic heterocycles. The van der Waals surface area contributed by atoms with Crippen LogP contribution in [0.2, 0.25) is 0 Å². The Kier molecular flexibility index (Phi) is 3.20. The fraction of sp³-hybridized carbons (Fsp3) is 1.00. The summed E-state index contributed by atoms with van der Waals surface area (Å²) in [5.74, 6) is -2.70. The standard InChI is InChI=1S/C9H16F2N2O2S/c10-9(11)3-7-13(8-4-9)16(14,15)12-5-1-2-6-12/h1-8H2. The minimum atomic E-state index is -3.48. The largest absolute Gasteiger partial charge is 0.281 e. The summed E-state index contributed by atoms with van der Waals surface area (Å²) < 4.78 is 52.4. The predicted molar refractivity (Wildman–Crippen MR) is 55.5 cm³/mol. The number of rotatable bonds is 2. The summed E-state index contributed by atoms with van der Waals surface area (Å²) in [4.78, 5) is 0. The molecule has 4 nitrogen and oxygen atoms in total. The first-order valence-electron chi connectivity index (χ1n) is 5.55. The first kappa shape index (κ1) is 12.2. The molecule has 0 spiro atoms. The van der Waals surface area contributed by atoms with Crippen molar-refractivity contribution in [2.24, 2.45) is 0 Å². The van der Waals surface area contributed by atoms with Crippen LogP contribution in [0.25, 0.3) is 0 Å². The number of hydrogen-bond donors (Lipinski definition) is 0. The minimum Gasteiger partial charge on any atom is -0.207 e. The van der Waals surface area contributed by atoms with Gasteiger partial charge in [-0.2, -0.15) is 17.0 Å². The maximum atomic E-state index is 12.9. The van der Waals surface area contributed by atoms with Crippen LogP contribution in [0.15, 0.2) is 0 Å². The molecule has 0 atom stereocenters. The van der Waals surface area contributed by atoms with E-state index in [9.17, 15) is 17.2 Å². The fourth-order valence-corrected chi connectivity index (χ4v) is 3.82. The second-order valence-electron chi connectivity index (χ2n) is 4.37. The topological polar surface area (TPSA) is 40.6 Å². The average molecular weight is 254 g/mol. The highest BCUT2D eigenvalue weighted by molar-refractivity contribution is 7.86. The lowest BCUT2D eigenvalue weighted by atomic mass is 10.1. The van der Waals surface area contributed by atoms with Crippen LogP contribution in [0.1, 0.15) is 25.7 Å². The molecule has 2 fully saturated rings. The van der Waals surface area contributed by atoms with Gasteiger partial charge in [0.2, 0.25) is 0 Å². The summed E-state index contributed by atoms with van der Waals surface area (Å²) in [5.41, 5.74) is 0. The first-order valence-corrected chi connectivity index (χ1v) is 6.95. The van der Waals surface area contributed by atoms with Crippen molar-refractivity contribution in [2.45, 2.75) is 31.6 Å². The van der Waals surface area contributed by atoms with Gasteiger partial charge in [0.1, 0.15) is 0 Å². The maximum Gasteiger partial charge on any atom is 0.281 e. The van der Waals surface area contributed by atoms with Crippen LogP contribution in [0.3, 0.4) is 0 Å². The lowest BCUT2D eigenvalue weighted by molar-refractivity contribution is -0.0418. The van der Waals surface area contributed by atoms with Crippen LogP contribution in [-0.2, 0) is 10.2 Å². The van der Waals surface area contributed by atoms with E-state index >= 15 is 0 Å². The van der Waals surface area contributed by atoms with Gasteiger partial charge < -0.3 is 0 Å². The van der Waals surface area contributed by atoms with Gasteiger partial charge in [0, 0.05) is 39.0 Å². The number of alkyl halides is 2. The molecule has 94 valence electrons. The zero-order valence-electron chi connectivity index (χ0n) is 9.03. The van der Waals surface area contributed by atoms with Gasteiger partial charge in [-0.05, 0) is 12.8 Å². The average Bonchev–Trinajstić information content (AvgIpc) is 2.70. The van der Waals surface area contributed by atoms with E-state index in [1.54, 1.807) is 0 Å². The van der Waals surface area contributed by atoms with E-state index in [1.807, 2.05) is 0 Å². The molecule has 2 rings (SSSR count). The van der Waals surface area contributed by atoms with Crippen molar-refractivity contribution in [1.29, 1.82) is 0 Å². The third kappa shape index (κ3) is 2.36. The lowest BCUT2D eigenvalue weighted by Gasteiger charge is -2.33. The first-order chi connectivity index (χ1) is 7.42. The Bertz CT molecular complexity index is 343. The summed E-state index contributed by atoms with van der Waals surface area (Å²) in [7, 11) is -3.48. The monoisotopic (exact) mass is 254 g/mol. The molecule has 0 aromatic rings. The summed E-state index contributed by atoms with van der Waals surface area (Å²) in [6, 6.07) is 0. The third-order valence-corrected chi connectivity index (χ3v) is 5.21. The zero-order valence-corrected chi connectivity index (χ0v) is 9.85. The van der Waals surface area contributed by atoms with Gasteiger partial charge in [-0.25, -0.2) is 8.78 Å². The molecule has 0 bridgehead atoms. The van der Waals surface area contributed by atoms with Crippen LogP contribution < -0.4 is 0 Å². The Morgan fingerprint density at radius 1 is 0.875 bits per heavy atom. The molecular weight excluding hydrogens is 238 g/mol. The highest BCUT2D eigenvalue weighted by Crippen LogP contribution is 2.30. The normalized spacial score (nSPS) is 28.4. The molecule has 2 aliphatic rings. The SMILES string of the molecule is O=S(=O)(N1CCCC1)N1CCC(F)(F)CC1. The second-order valence-corrected chi connectivity index (χ2v) is 6.30. The quantitative estimate of drug-likeness (QED) is 0.739. The van der Waals surface area contributed by atoms with E-state index in [4.69, 9.17) is 0 Å². The van der Waals surface area contributed by atoms with Crippen LogP contribution >= 0.6 is 0 Å². The van der Waals surface area contributed by atoms with Crippen LogP contribution in [0, 0.1) is 0 Å². The summed E-state index contributed by atoms with van der Waals surface area (Å²) >= 11 is 0.